The van der Waals surface area contributed by atoms with E-state index in [-0.39, 0.29) is 6.42 Å². The Bertz CT molecular complexity index is 579. The standard InChI is InChI=1S/C14H16N2O5/c1-8(16-13(18)7-12(17)15-14(16)19)9-4-5-10(20-2)11(6-9)21-3/h4-6,8H,7H2,1-3H3,(H,15,17,19). The van der Waals surface area contributed by atoms with Crippen LogP contribution in [0.3, 0.4) is 0 Å². The van der Waals surface area contributed by atoms with Crippen molar-refractivity contribution in [2.75, 3.05) is 14.2 Å². The fourth-order valence-electron chi connectivity index (χ4n) is 2.21. The van der Waals surface area contributed by atoms with Crippen LogP contribution in [0.15, 0.2) is 18.2 Å². The number of carbonyl (C=O) groups is 3. The third-order valence-electron chi connectivity index (χ3n) is 3.32. The molecule has 1 heterocycles. The topological polar surface area (TPSA) is 84.9 Å². The van der Waals surface area contributed by atoms with Gasteiger partial charge in [-0.25, -0.2) is 4.79 Å². The van der Waals surface area contributed by atoms with Crippen molar-refractivity contribution in [1.29, 1.82) is 0 Å². The molecule has 1 aromatic rings. The molecule has 7 heteroatoms. The van der Waals surface area contributed by atoms with Crippen LogP contribution < -0.4 is 14.8 Å². The van der Waals surface area contributed by atoms with Crippen LogP contribution in [0, 0.1) is 0 Å². The monoisotopic (exact) mass is 292 g/mol. The molecule has 7 nitrogen and oxygen atoms in total. The minimum Gasteiger partial charge on any atom is -0.493 e. The molecule has 0 aliphatic carbocycles. The molecule has 0 saturated carbocycles. The first kappa shape index (κ1) is 14.8. The predicted octanol–water partition coefficient (Wildman–Crippen LogP) is 1.23. The average molecular weight is 292 g/mol. The summed E-state index contributed by atoms with van der Waals surface area (Å²) in [7, 11) is 3.03. The molecule has 1 atom stereocenters. The van der Waals surface area contributed by atoms with E-state index >= 15 is 0 Å². The van der Waals surface area contributed by atoms with Crippen LogP contribution >= 0.6 is 0 Å². The first-order valence-electron chi connectivity index (χ1n) is 6.35. The van der Waals surface area contributed by atoms with Gasteiger partial charge < -0.3 is 9.47 Å². The van der Waals surface area contributed by atoms with Crippen LogP contribution in [-0.4, -0.2) is 37.0 Å². The highest BCUT2D eigenvalue weighted by Crippen LogP contribution is 2.32. The van der Waals surface area contributed by atoms with Crippen molar-refractivity contribution in [1.82, 2.24) is 10.2 Å². The number of nitrogens with zero attached hydrogens (tertiary/aromatic N) is 1. The number of urea groups is 1. The maximum absolute atomic E-state index is 11.9. The number of hydrogen-bond donors (Lipinski definition) is 1. The van der Waals surface area contributed by atoms with Gasteiger partial charge in [-0.3, -0.25) is 19.8 Å². The Morgan fingerprint density at radius 3 is 2.38 bits per heavy atom. The Morgan fingerprint density at radius 2 is 1.81 bits per heavy atom. The highest BCUT2D eigenvalue weighted by molar-refractivity contribution is 6.14. The summed E-state index contributed by atoms with van der Waals surface area (Å²) in [5, 5.41) is 2.13. The normalized spacial score (nSPS) is 16.5. The van der Waals surface area contributed by atoms with Gasteiger partial charge in [0, 0.05) is 0 Å². The number of barbiturate groups is 1. The van der Waals surface area contributed by atoms with E-state index in [4.69, 9.17) is 9.47 Å². The molecular formula is C14H16N2O5. The molecule has 21 heavy (non-hydrogen) atoms. The van der Waals surface area contributed by atoms with Gasteiger partial charge in [-0.1, -0.05) is 6.07 Å². The lowest BCUT2D eigenvalue weighted by Crippen LogP contribution is -2.53. The lowest BCUT2D eigenvalue weighted by atomic mass is 10.1. The van der Waals surface area contributed by atoms with Gasteiger partial charge in [-0.2, -0.15) is 0 Å². The van der Waals surface area contributed by atoms with E-state index in [0.29, 0.717) is 17.1 Å². The molecule has 1 saturated heterocycles. The fourth-order valence-corrected chi connectivity index (χ4v) is 2.21. The second-order valence-electron chi connectivity index (χ2n) is 4.58. The molecular weight excluding hydrogens is 276 g/mol. The van der Waals surface area contributed by atoms with Gasteiger partial charge in [0.2, 0.25) is 11.8 Å². The van der Waals surface area contributed by atoms with Gasteiger partial charge in [0.25, 0.3) is 0 Å². The molecule has 2 rings (SSSR count). The van der Waals surface area contributed by atoms with Crippen molar-refractivity contribution >= 4 is 17.8 Å². The van der Waals surface area contributed by atoms with E-state index in [1.165, 1.54) is 14.2 Å². The van der Waals surface area contributed by atoms with E-state index in [1.807, 2.05) is 0 Å². The van der Waals surface area contributed by atoms with Crippen LogP contribution in [0.1, 0.15) is 24.9 Å². The summed E-state index contributed by atoms with van der Waals surface area (Å²) in [6.45, 7) is 1.70. The zero-order valence-electron chi connectivity index (χ0n) is 12.0. The first-order valence-corrected chi connectivity index (χ1v) is 6.35. The highest BCUT2D eigenvalue weighted by atomic mass is 16.5. The largest absolute Gasteiger partial charge is 0.493 e. The summed E-state index contributed by atoms with van der Waals surface area (Å²) in [6.07, 6.45) is -0.330. The third-order valence-corrected chi connectivity index (χ3v) is 3.32. The zero-order chi connectivity index (χ0) is 15.6. The molecule has 1 aromatic carbocycles. The van der Waals surface area contributed by atoms with Crippen molar-refractivity contribution < 1.29 is 23.9 Å². The van der Waals surface area contributed by atoms with Gasteiger partial charge >= 0.3 is 6.03 Å². The molecule has 4 amide bonds. The van der Waals surface area contributed by atoms with Crippen LogP contribution in [0.2, 0.25) is 0 Å². The predicted molar refractivity (Wildman–Crippen MR) is 73.0 cm³/mol. The lowest BCUT2D eigenvalue weighted by Gasteiger charge is -2.30. The third kappa shape index (κ3) is 2.81. The van der Waals surface area contributed by atoms with Crippen LogP contribution in [0.25, 0.3) is 0 Å². The molecule has 1 aliphatic rings. The van der Waals surface area contributed by atoms with Crippen LogP contribution in [-0.2, 0) is 9.59 Å². The molecule has 1 fully saturated rings. The Hall–Kier alpha value is -2.57. The maximum Gasteiger partial charge on any atom is 0.331 e. The molecule has 1 N–H and O–H groups in total. The van der Waals surface area contributed by atoms with E-state index < -0.39 is 23.9 Å². The molecule has 0 bridgehead atoms. The average Bonchev–Trinajstić information content (AvgIpc) is 2.45. The van der Waals surface area contributed by atoms with Crippen molar-refractivity contribution in [3.8, 4) is 11.5 Å². The summed E-state index contributed by atoms with van der Waals surface area (Å²) in [4.78, 5) is 35.9. The number of amides is 4. The van der Waals surface area contributed by atoms with E-state index in [0.717, 1.165) is 4.90 Å². The zero-order valence-corrected chi connectivity index (χ0v) is 12.0. The van der Waals surface area contributed by atoms with Crippen LogP contribution in [0.5, 0.6) is 11.5 Å². The minimum absolute atomic E-state index is 0.330. The second kappa shape index (κ2) is 5.82. The highest BCUT2D eigenvalue weighted by Gasteiger charge is 2.35. The van der Waals surface area contributed by atoms with E-state index in [1.54, 1.807) is 25.1 Å². The number of ether oxygens (including phenoxy) is 2. The summed E-state index contributed by atoms with van der Waals surface area (Å²) >= 11 is 0. The lowest BCUT2D eigenvalue weighted by molar-refractivity contribution is -0.137. The van der Waals surface area contributed by atoms with Crippen molar-refractivity contribution in [2.45, 2.75) is 19.4 Å². The van der Waals surface area contributed by atoms with Gasteiger partial charge in [0.05, 0.1) is 20.3 Å². The second-order valence-corrected chi connectivity index (χ2v) is 4.58. The minimum atomic E-state index is -0.710. The van der Waals surface area contributed by atoms with Gasteiger partial charge in [-0.05, 0) is 24.6 Å². The molecule has 1 aliphatic heterocycles. The number of carbonyl (C=O) groups excluding carboxylic acids is 3. The van der Waals surface area contributed by atoms with Gasteiger partial charge in [0.15, 0.2) is 11.5 Å². The Kier molecular flexibility index (Phi) is 4.11. The first-order chi connectivity index (χ1) is 9.97. The summed E-state index contributed by atoms with van der Waals surface area (Å²) in [5.74, 6) is -0.0485. The van der Waals surface area contributed by atoms with Crippen molar-refractivity contribution in [3.63, 3.8) is 0 Å². The number of benzene rings is 1. The molecule has 0 aromatic heterocycles. The smallest absolute Gasteiger partial charge is 0.331 e. The quantitative estimate of drug-likeness (QED) is 0.844. The van der Waals surface area contributed by atoms with Gasteiger partial charge in [0.1, 0.15) is 6.42 Å². The summed E-state index contributed by atoms with van der Waals surface area (Å²) in [6, 6.07) is 3.90. The Balaban J connectivity index is 2.31. The van der Waals surface area contributed by atoms with E-state index in [2.05, 4.69) is 5.32 Å². The number of rotatable bonds is 4. The van der Waals surface area contributed by atoms with Crippen molar-refractivity contribution in [2.24, 2.45) is 0 Å². The number of hydrogen-bond acceptors (Lipinski definition) is 5. The SMILES string of the molecule is COc1ccc(C(C)N2C(=O)CC(=O)NC2=O)cc1OC. The van der Waals surface area contributed by atoms with E-state index in [9.17, 15) is 14.4 Å². The number of methoxy groups -OCH3 is 2. The van der Waals surface area contributed by atoms with Crippen molar-refractivity contribution in [3.05, 3.63) is 23.8 Å². The molecule has 1 unspecified atom stereocenters. The Morgan fingerprint density at radius 1 is 1.14 bits per heavy atom. The molecule has 0 radical (unpaired) electrons. The maximum atomic E-state index is 11.9. The number of nitrogens with one attached hydrogen (secondary N) is 1. The Labute approximate surface area is 121 Å². The van der Waals surface area contributed by atoms with Gasteiger partial charge in [-0.15, -0.1) is 0 Å². The molecule has 112 valence electrons. The molecule has 0 spiro atoms. The van der Waals surface area contributed by atoms with Crippen LogP contribution in [0.4, 0.5) is 4.79 Å². The summed E-state index contributed by atoms with van der Waals surface area (Å²) < 4.78 is 10.3. The summed E-state index contributed by atoms with van der Waals surface area (Å²) in [5.41, 5.74) is 0.700. The number of imide groups is 2. The fraction of sp³-hybridized carbons (Fsp3) is 0.357.